The van der Waals surface area contributed by atoms with Gasteiger partial charge in [0.2, 0.25) is 0 Å². The second-order valence-corrected chi connectivity index (χ2v) is 4.18. The predicted molar refractivity (Wildman–Crippen MR) is 70.2 cm³/mol. The lowest BCUT2D eigenvalue weighted by Gasteiger charge is -2.09. The van der Waals surface area contributed by atoms with E-state index in [9.17, 15) is 4.39 Å². The molecule has 0 fully saturated rings. The van der Waals surface area contributed by atoms with Crippen LogP contribution < -0.4 is 10.5 Å². The van der Waals surface area contributed by atoms with Gasteiger partial charge in [0.25, 0.3) is 0 Å². The van der Waals surface area contributed by atoms with Crippen molar-refractivity contribution in [1.82, 2.24) is 0 Å². The van der Waals surface area contributed by atoms with Gasteiger partial charge in [-0.1, -0.05) is 18.2 Å². The van der Waals surface area contributed by atoms with Gasteiger partial charge < -0.3 is 10.5 Å². The minimum absolute atomic E-state index is 0.0575. The topological polar surface area (TPSA) is 59.0 Å². The Morgan fingerprint density at radius 2 is 1.89 bits per heavy atom. The van der Waals surface area contributed by atoms with Crippen molar-refractivity contribution in [2.45, 2.75) is 13.0 Å². The van der Waals surface area contributed by atoms with Crippen LogP contribution in [0.2, 0.25) is 0 Å². The molecular formula is C15H13FN2O. The van der Waals surface area contributed by atoms with Crippen LogP contribution in [0, 0.1) is 17.1 Å². The summed E-state index contributed by atoms with van der Waals surface area (Å²) in [6.07, 6.45) is 0. The van der Waals surface area contributed by atoms with Crippen LogP contribution in [0.4, 0.5) is 4.39 Å². The fourth-order valence-electron chi connectivity index (χ4n) is 1.66. The Morgan fingerprint density at radius 3 is 2.47 bits per heavy atom. The molecule has 2 aromatic carbocycles. The second kappa shape index (κ2) is 5.51. The Morgan fingerprint density at radius 1 is 1.21 bits per heavy atom. The molecule has 96 valence electrons. The van der Waals surface area contributed by atoms with E-state index in [1.165, 1.54) is 12.1 Å². The van der Waals surface area contributed by atoms with Gasteiger partial charge in [0.1, 0.15) is 28.9 Å². The molecule has 0 amide bonds. The van der Waals surface area contributed by atoms with Crippen molar-refractivity contribution in [3.8, 4) is 17.6 Å². The van der Waals surface area contributed by atoms with Gasteiger partial charge in [-0.25, -0.2) is 4.39 Å². The zero-order valence-electron chi connectivity index (χ0n) is 10.4. The van der Waals surface area contributed by atoms with E-state index >= 15 is 0 Å². The normalized spacial score (nSPS) is 11.7. The van der Waals surface area contributed by atoms with Gasteiger partial charge >= 0.3 is 0 Å². The Hall–Kier alpha value is -2.38. The van der Waals surface area contributed by atoms with Crippen LogP contribution in [0.1, 0.15) is 24.1 Å². The maximum atomic E-state index is 13.4. The van der Waals surface area contributed by atoms with Crippen molar-refractivity contribution in [2.75, 3.05) is 0 Å². The van der Waals surface area contributed by atoms with Gasteiger partial charge in [-0.2, -0.15) is 5.26 Å². The maximum absolute atomic E-state index is 13.4. The van der Waals surface area contributed by atoms with Gasteiger partial charge in [0, 0.05) is 6.04 Å². The molecule has 0 saturated carbocycles. The minimum atomic E-state index is -0.591. The van der Waals surface area contributed by atoms with E-state index in [4.69, 9.17) is 15.7 Å². The van der Waals surface area contributed by atoms with Crippen molar-refractivity contribution in [3.63, 3.8) is 0 Å². The first-order valence-corrected chi connectivity index (χ1v) is 5.84. The summed E-state index contributed by atoms with van der Waals surface area (Å²) < 4.78 is 18.9. The van der Waals surface area contributed by atoms with Crippen LogP contribution in [0.3, 0.4) is 0 Å². The highest BCUT2D eigenvalue weighted by Crippen LogP contribution is 2.27. The third kappa shape index (κ3) is 2.90. The molecule has 0 aliphatic carbocycles. The number of nitrogens with two attached hydrogens (primary N) is 1. The monoisotopic (exact) mass is 256 g/mol. The number of halogens is 1. The predicted octanol–water partition coefficient (Wildman–Crippen LogP) is 3.51. The van der Waals surface area contributed by atoms with Crippen LogP contribution in [-0.2, 0) is 0 Å². The number of benzene rings is 2. The average Bonchev–Trinajstić information content (AvgIpc) is 2.39. The first-order valence-electron chi connectivity index (χ1n) is 5.84. The molecule has 2 N–H and O–H groups in total. The van der Waals surface area contributed by atoms with Crippen molar-refractivity contribution in [3.05, 3.63) is 59.4 Å². The number of ether oxygens (including phenoxy) is 1. The summed E-state index contributed by atoms with van der Waals surface area (Å²) >= 11 is 0. The molecule has 0 aliphatic rings. The van der Waals surface area contributed by atoms with Gasteiger partial charge in [0.15, 0.2) is 0 Å². The van der Waals surface area contributed by atoms with E-state index in [0.29, 0.717) is 5.75 Å². The van der Waals surface area contributed by atoms with Crippen LogP contribution in [-0.4, -0.2) is 0 Å². The fraction of sp³-hybridized carbons (Fsp3) is 0.133. The van der Waals surface area contributed by atoms with Gasteiger partial charge in [-0.15, -0.1) is 0 Å². The average molecular weight is 256 g/mol. The lowest BCUT2D eigenvalue weighted by Crippen LogP contribution is -2.04. The maximum Gasteiger partial charge on any atom is 0.148 e. The molecule has 0 bridgehead atoms. The molecule has 0 aliphatic heterocycles. The Bertz CT molecular complexity index is 615. The second-order valence-electron chi connectivity index (χ2n) is 4.18. The number of nitrogens with zero attached hydrogens (tertiary/aromatic N) is 1. The van der Waals surface area contributed by atoms with Crippen LogP contribution in [0.25, 0.3) is 0 Å². The molecule has 0 radical (unpaired) electrons. The van der Waals surface area contributed by atoms with E-state index in [1.807, 2.05) is 19.1 Å². The largest absolute Gasteiger partial charge is 0.456 e. The highest BCUT2D eigenvalue weighted by Gasteiger charge is 2.09. The van der Waals surface area contributed by atoms with E-state index in [-0.39, 0.29) is 17.4 Å². The smallest absolute Gasteiger partial charge is 0.148 e. The molecule has 3 nitrogen and oxygen atoms in total. The lowest BCUT2D eigenvalue weighted by atomic mass is 10.1. The Labute approximate surface area is 111 Å². The summed E-state index contributed by atoms with van der Waals surface area (Å²) in [5, 5.41) is 8.91. The molecule has 0 unspecified atom stereocenters. The van der Waals surface area contributed by atoms with Crippen molar-refractivity contribution < 1.29 is 9.13 Å². The zero-order valence-corrected chi connectivity index (χ0v) is 10.4. The summed E-state index contributed by atoms with van der Waals surface area (Å²) in [5.41, 5.74) is 6.63. The zero-order chi connectivity index (χ0) is 13.8. The van der Waals surface area contributed by atoms with Crippen molar-refractivity contribution in [2.24, 2.45) is 5.73 Å². The van der Waals surface area contributed by atoms with Crippen LogP contribution in [0.15, 0.2) is 42.5 Å². The summed E-state index contributed by atoms with van der Waals surface area (Å²) in [4.78, 5) is 0. The fourth-order valence-corrected chi connectivity index (χ4v) is 1.66. The first kappa shape index (κ1) is 13.1. The van der Waals surface area contributed by atoms with Crippen LogP contribution in [0.5, 0.6) is 11.5 Å². The van der Waals surface area contributed by atoms with Crippen LogP contribution >= 0.6 is 0 Å². The molecule has 2 rings (SSSR count). The summed E-state index contributed by atoms with van der Waals surface area (Å²) in [7, 11) is 0. The third-order valence-electron chi connectivity index (χ3n) is 2.72. The quantitative estimate of drug-likeness (QED) is 0.914. The van der Waals surface area contributed by atoms with Gasteiger partial charge in [-0.05, 0) is 36.8 Å². The summed E-state index contributed by atoms with van der Waals surface area (Å²) in [6.45, 7) is 1.89. The van der Waals surface area contributed by atoms with E-state index in [0.717, 1.165) is 5.56 Å². The highest BCUT2D eigenvalue weighted by atomic mass is 19.1. The van der Waals surface area contributed by atoms with E-state index < -0.39 is 5.82 Å². The van der Waals surface area contributed by atoms with Gasteiger partial charge in [-0.3, -0.25) is 0 Å². The number of nitriles is 1. The SMILES string of the molecule is C[C@@H](N)c1ccc(Oc2cccc(F)c2C#N)cc1. The van der Waals surface area contributed by atoms with Crippen molar-refractivity contribution >= 4 is 0 Å². The lowest BCUT2D eigenvalue weighted by molar-refractivity contribution is 0.474. The number of hydrogen-bond donors (Lipinski definition) is 1. The Kier molecular flexibility index (Phi) is 3.79. The Balaban J connectivity index is 2.27. The molecular weight excluding hydrogens is 243 g/mol. The summed E-state index contributed by atoms with van der Waals surface area (Å²) in [6, 6.07) is 13.2. The van der Waals surface area contributed by atoms with E-state index in [1.54, 1.807) is 24.3 Å². The number of hydrogen-bond acceptors (Lipinski definition) is 3. The molecule has 0 saturated heterocycles. The molecule has 4 heteroatoms. The minimum Gasteiger partial charge on any atom is -0.456 e. The van der Waals surface area contributed by atoms with Crippen molar-refractivity contribution in [1.29, 1.82) is 5.26 Å². The third-order valence-corrected chi connectivity index (χ3v) is 2.72. The molecule has 0 aromatic heterocycles. The highest BCUT2D eigenvalue weighted by molar-refractivity contribution is 5.46. The molecule has 19 heavy (non-hydrogen) atoms. The van der Waals surface area contributed by atoms with E-state index in [2.05, 4.69) is 0 Å². The van der Waals surface area contributed by atoms with Gasteiger partial charge in [0.05, 0.1) is 0 Å². The summed E-state index contributed by atoms with van der Waals surface area (Å²) in [5.74, 6) is 0.148. The molecule has 1 atom stereocenters. The first-order chi connectivity index (χ1) is 9.11. The number of rotatable bonds is 3. The molecule has 0 spiro atoms. The molecule has 2 aromatic rings. The standard InChI is InChI=1S/C15H13FN2O/c1-10(18)11-5-7-12(8-6-11)19-15-4-2-3-14(16)13(15)9-17/h2-8,10H,18H2,1H3/t10-/m1/s1. The molecule has 0 heterocycles.